The Labute approximate surface area is 112 Å². The van der Waals surface area contributed by atoms with Crippen LogP contribution in [0.1, 0.15) is 18.5 Å². The summed E-state index contributed by atoms with van der Waals surface area (Å²) in [7, 11) is -3.50. The molecule has 0 bridgehead atoms. The molecule has 1 aromatic heterocycles. The van der Waals surface area contributed by atoms with Crippen molar-refractivity contribution in [2.24, 2.45) is 11.7 Å². The van der Waals surface area contributed by atoms with Crippen LogP contribution in [-0.4, -0.2) is 37.3 Å². The van der Waals surface area contributed by atoms with Gasteiger partial charge in [-0.3, -0.25) is 0 Å². The molecule has 0 spiro atoms. The van der Waals surface area contributed by atoms with Crippen LogP contribution < -0.4 is 5.73 Å². The van der Waals surface area contributed by atoms with Crippen molar-refractivity contribution in [3.05, 3.63) is 24.0 Å². The highest BCUT2D eigenvalue weighted by Crippen LogP contribution is 2.22. The summed E-state index contributed by atoms with van der Waals surface area (Å²) in [5.74, 6) is 0.408. The van der Waals surface area contributed by atoms with Crippen LogP contribution in [-0.2, 0) is 10.0 Å². The quantitative estimate of drug-likeness (QED) is 0.859. The molecule has 1 fully saturated rings. The number of rotatable bonds is 3. The SMILES string of the molecule is N#Cc1ccc(S(=O)(=O)N2CCC(CN)CC2)cn1. The predicted molar refractivity (Wildman–Crippen MR) is 69.5 cm³/mol. The maximum atomic E-state index is 12.4. The largest absolute Gasteiger partial charge is 0.330 e. The first-order valence-corrected chi connectivity index (χ1v) is 7.58. The molecule has 1 aliphatic heterocycles. The van der Waals surface area contributed by atoms with Gasteiger partial charge in [0.25, 0.3) is 0 Å². The summed E-state index contributed by atoms with van der Waals surface area (Å²) in [5, 5.41) is 8.65. The molecular formula is C12H16N4O2S. The zero-order chi connectivity index (χ0) is 13.9. The smallest absolute Gasteiger partial charge is 0.244 e. The van der Waals surface area contributed by atoms with Crippen LogP contribution in [0.4, 0.5) is 0 Å². The molecule has 2 rings (SSSR count). The van der Waals surface area contributed by atoms with Gasteiger partial charge in [-0.1, -0.05) is 0 Å². The lowest BCUT2D eigenvalue weighted by atomic mass is 9.99. The Balaban J connectivity index is 2.16. The minimum Gasteiger partial charge on any atom is -0.330 e. The Hall–Kier alpha value is -1.49. The van der Waals surface area contributed by atoms with Gasteiger partial charge in [0.15, 0.2) is 0 Å². The lowest BCUT2D eigenvalue weighted by molar-refractivity contribution is 0.278. The standard InChI is InChI=1S/C12H16N4O2S/c13-7-10-3-5-16(6-4-10)19(17,18)12-2-1-11(8-14)15-9-12/h1-2,9-10H,3-7,13H2. The van der Waals surface area contributed by atoms with Crippen molar-refractivity contribution in [2.45, 2.75) is 17.7 Å². The first-order chi connectivity index (χ1) is 9.07. The molecule has 102 valence electrons. The van der Waals surface area contributed by atoms with Crippen molar-refractivity contribution < 1.29 is 8.42 Å². The van der Waals surface area contributed by atoms with Crippen LogP contribution in [0.25, 0.3) is 0 Å². The Morgan fingerprint density at radius 3 is 2.58 bits per heavy atom. The Morgan fingerprint density at radius 1 is 1.42 bits per heavy atom. The zero-order valence-electron chi connectivity index (χ0n) is 10.5. The molecule has 0 aliphatic carbocycles. The molecule has 0 atom stereocenters. The summed E-state index contributed by atoms with van der Waals surface area (Å²) in [6.45, 7) is 1.58. The van der Waals surface area contributed by atoms with Gasteiger partial charge < -0.3 is 5.73 Å². The van der Waals surface area contributed by atoms with Crippen molar-refractivity contribution in [3.8, 4) is 6.07 Å². The maximum absolute atomic E-state index is 12.4. The second kappa shape index (κ2) is 5.65. The average molecular weight is 280 g/mol. The zero-order valence-corrected chi connectivity index (χ0v) is 11.3. The van der Waals surface area contributed by atoms with E-state index in [2.05, 4.69) is 4.98 Å². The number of hydrogen-bond acceptors (Lipinski definition) is 5. The van der Waals surface area contributed by atoms with E-state index in [-0.39, 0.29) is 10.6 Å². The number of piperidine rings is 1. The topological polar surface area (TPSA) is 100 Å². The van der Waals surface area contributed by atoms with Crippen molar-refractivity contribution in [3.63, 3.8) is 0 Å². The number of nitriles is 1. The fourth-order valence-corrected chi connectivity index (χ4v) is 3.55. The average Bonchev–Trinajstić information content (AvgIpc) is 2.47. The maximum Gasteiger partial charge on any atom is 0.244 e. The van der Waals surface area contributed by atoms with Gasteiger partial charge in [-0.25, -0.2) is 13.4 Å². The van der Waals surface area contributed by atoms with Gasteiger partial charge in [-0.05, 0) is 37.4 Å². The molecule has 0 aromatic carbocycles. The predicted octanol–water partition coefficient (Wildman–Crippen LogP) is 0.313. The molecule has 7 heteroatoms. The van der Waals surface area contributed by atoms with E-state index in [4.69, 9.17) is 11.0 Å². The minimum absolute atomic E-state index is 0.137. The van der Waals surface area contributed by atoms with Gasteiger partial charge in [-0.2, -0.15) is 9.57 Å². The van der Waals surface area contributed by atoms with Crippen LogP contribution in [0.3, 0.4) is 0 Å². The summed E-state index contributed by atoms with van der Waals surface area (Å²) in [5.41, 5.74) is 5.80. The second-order valence-electron chi connectivity index (χ2n) is 4.57. The number of nitrogens with two attached hydrogens (primary N) is 1. The van der Waals surface area contributed by atoms with E-state index in [0.717, 1.165) is 12.8 Å². The van der Waals surface area contributed by atoms with Crippen molar-refractivity contribution in [1.82, 2.24) is 9.29 Å². The van der Waals surface area contributed by atoms with Gasteiger partial charge >= 0.3 is 0 Å². The van der Waals surface area contributed by atoms with Crippen molar-refractivity contribution in [2.75, 3.05) is 19.6 Å². The summed E-state index contributed by atoms with van der Waals surface area (Å²) in [6, 6.07) is 4.71. The fourth-order valence-electron chi connectivity index (χ4n) is 2.13. The van der Waals surface area contributed by atoms with Gasteiger partial charge in [0.05, 0.1) is 0 Å². The molecule has 19 heavy (non-hydrogen) atoms. The molecule has 0 unspecified atom stereocenters. The van der Waals surface area contributed by atoms with E-state index < -0.39 is 10.0 Å². The van der Waals surface area contributed by atoms with Crippen LogP contribution in [0.2, 0.25) is 0 Å². The van der Waals surface area contributed by atoms with E-state index in [1.807, 2.05) is 6.07 Å². The Kier molecular flexibility index (Phi) is 4.14. The molecule has 1 saturated heterocycles. The number of hydrogen-bond donors (Lipinski definition) is 1. The number of pyridine rings is 1. The molecule has 0 radical (unpaired) electrons. The molecule has 2 heterocycles. The van der Waals surface area contributed by atoms with E-state index in [0.29, 0.717) is 25.6 Å². The van der Waals surface area contributed by atoms with Gasteiger partial charge in [0.2, 0.25) is 10.0 Å². The molecular weight excluding hydrogens is 264 g/mol. The number of nitrogens with zero attached hydrogens (tertiary/aromatic N) is 3. The molecule has 1 aromatic rings. The second-order valence-corrected chi connectivity index (χ2v) is 6.51. The van der Waals surface area contributed by atoms with E-state index >= 15 is 0 Å². The highest BCUT2D eigenvalue weighted by molar-refractivity contribution is 7.89. The highest BCUT2D eigenvalue weighted by atomic mass is 32.2. The van der Waals surface area contributed by atoms with Crippen LogP contribution in [0.5, 0.6) is 0 Å². The minimum atomic E-state index is -3.50. The Bertz CT molecular complexity index is 569. The highest BCUT2D eigenvalue weighted by Gasteiger charge is 2.29. The monoisotopic (exact) mass is 280 g/mol. The van der Waals surface area contributed by atoms with Gasteiger partial charge in [0, 0.05) is 19.3 Å². The molecule has 0 amide bonds. The normalized spacial score (nSPS) is 18.1. The number of aromatic nitrogens is 1. The molecule has 0 saturated carbocycles. The molecule has 2 N–H and O–H groups in total. The van der Waals surface area contributed by atoms with Gasteiger partial charge in [0.1, 0.15) is 16.7 Å². The Morgan fingerprint density at radius 2 is 2.11 bits per heavy atom. The lowest BCUT2D eigenvalue weighted by Crippen LogP contribution is -2.40. The number of sulfonamides is 1. The summed E-state index contributed by atoms with van der Waals surface area (Å²) in [6.07, 6.45) is 2.82. The summed E-state index contributed by atoms with van der Waals surface area (Å²) >= 11 is 0. The van der Waals surface area contributed by atoms with Crippen LogP contribution in [0, 0.1) is 17.2 Å². The van der Waals surface area contributed by atoms with Gasteiger partial charge in [-0.15, -0.1) is 0 Å². The lowest BCUT2D eigenvalue weighted by Gasteiger charge is -2.30. The summed E-state index contributed by atoms with van der Waals surface area (Å²) < 4.78 is 26.2. The van der Waals surface area contributed by atoms with Crippen LogP contribution in [0.15, 0.2) is 23.2 Å². The van der Waals surface area contributed by atoms with E-state index in [1.54, 1.807) is 0 Å². The van der Waals surface area contributed by atoms with E-state index in [9.17, 15) is 8.42 Å². The van der Waals surface area contributed by atoms with Crippen molar-refractivity contribution >= 4 is 10.0 Å². The fraction of sp³-hybridized carbons (Fsp3) is 0.500. The first-order valence-electron chi connectivity index (χ1n) is 6.14. The summed E-state index contributed by atoms with van der Waals surface area (Å²) in [4.78, 5) is 3.94. The van der Waals surface area contributed by atoms with Crippen LogP contribution >= 0.6 is 0 Å². The third-order valence-electron chi connectivity index (χ3n) is 3.40. The third-order valence-corrected chi connectivity index (χ3v) is 5.28. The first kappa shape index (κ1) is 13.9. The molecule has 1 aliphatic rings. The molecule has 6 nitrogen and oxygen atoms in total. The van der Waals surface area contributed by atoms with E-state index in [1.165, 1.54) is 22.6 Å². The van der Waals surface area contributed by atoms with Crippen molar-refractivity contribution in [1.29, 1.82) is 5.26 Å². The third kappa shape index (κ3) is 2.92.